The number of ether oxygens (including phenoxy) is 2. The van der Waals surface area contributed by atoms with Crippen LogP contribution in [0, 0.1) is 0 Å². The van der Waals surface area contributed by atoms with E-state index in [-0.39, 0.29) is 18.1 Å². The number of hydrogen-bond donors (Lipinski definition) is 1. The molecule has 2 heterocycles. The Labute approximate surface area is 141 Å². The van der Waals surface area contributed by atoms with Crippen molar-refractivity contribution in [1.82, 2.24) is 4.90 Å². The van der Waals surface area contributed by atoms with E-state index in [0.29, 0.717) is 36.0 Å². The lowest BCUT2D eigenvalue weighted by Gasteiger charge is -2.34. The van der Waals surface area contributed by atoms with E-state index in [0.717, 1.165) is 5.56 Å². The van der Waals surface area contributed by atoms with Crippen LogP contribution in [0.5, 0.6) is 5.75 Å². The normalized spacial score (nSPS) is 20.9. The number of anilines is 1. The van der Waals surface area contributed by atoms with Crippen molar-refractivity contribution in [1.29, 1.82) is 0 Å². The average Bonchev–Trinajstić information content (AvgIpc) is 3.03. The lowest BCUT2D eigenvalue weighted by molar-refractivity contribution is -0.0592. The van der Waals surface area contributed by atoms with Crippen LogP contribution in [-0.2, 0) is 4.74 Å². The molecule has 1 aliphatic rings. The molecule has 0 bridgehead atoms. The second-order valence-electron chi connectivity index (χ2n) is 6.09. The van der Waals surface area contributed by atoms with E-state index in [4.69, 9.17) is 19.6 Å². The second-order valence-corrected chi connectivity index (χ2v) is 6.09. The zero-order valence-corrected chi connectivity index (χ0v) is 14.1. The monoisotopic (exact) mass is 330 g/mol. The Kier molecular flexibility index (Phi) is 4.49. The van der Waals surface area contributed by atoms with Gasteiger partial charge in [-0.3, -0.25) is 4.79 Å². The van der Waals surface area contributed by atoms with E-state index in [2.05, 4.69) is 0 Å². The molecule has 1 amide bonds. The summed E-state index contributed by atoms with van der Waals surface area (Å²) in [4.78, 5) is 14.4. The molecule has 3 rings (SSSR count). The molecule has 1 aromatic heterocycles. The fourth-order valence-corrected chi connectivity index (χ4v) is 3.00. The summed E-state index contributed by atoms with van der Waals surface area (Å²) in [5.74, 6) is 1.41. The van der Waals surface area contributed by atoms with E-state index < -0.39 is 0 Å². The van der Waals surface area contributed by atoms with Gasteiger partial charge in [0.25, 0.3) is 5.91 Å². The lowest BCUT2D eigenvalue weighted by Crippen LogP contribution is -2.48. The van der Waals surface area contributed by atoms with Crippen LogP contribution >= 0.6 is 0 Å². The summed E-state index contributed by atoms with van der Waals surface area (Å²) in [5, 5.41) is 0. The maximum Gasteiger partial charge on any atom is 0.289 e. The Hall–Kier alpha value is -2.47. The Bertz CT molecular complexity index is 730. The van der Waals surface area contributed by atoms with Gasteiger partial charge in [0.15, 0.2) is 5.76 Å². The van der Waals surface area contributed by atoms with Crippen molar-refractivity contribution in [3.8, 4) is 17.1 Å². The topological polar surface area (TPSA) is 77.9 Å². The predicted octanol–water partition coefficient (Wildman–Crippen LogP) is 2.79. The van der Waals surface area contributed by atoms with Gasteiger partial charge >= 0.3 is 0 Å². The molecule has 2 aromatic rings. The highest BCUT2D eigenvalue weighted by atomic mass is 16.5. The molecule has 2 N–H and O–H groups in total. The first-order valence-corrected chi connectivity index (χ1v) is 7.96. The molecule has 0 spiro atoms. The number of nitrogen functional groups attached to an aromatic ring is 1. The van der Waals surface area contributed by atoms with Gasteiger partial charge in [-0.15, -0.1) is 0 Å². The number of nitrogens with zero attached hydrogens (tertiary/aromatic N) is 1. The minimum atomic E-state index is -0.121. The van der Waals surface area contributed by atoms with E-state index in [9.17, 15) is 4.79 Å². The van der Waals surface area contributed by atoms with Crippen LogP contribution < -0.4 is 10.5 Å². The van der Waals surface area contributed by atoms with Crippen molar-refractivity contribution in [2.45, 2.75) is 26.1 Å². The number of methoxy groups -OCH3 is 1. The van der Waals surface area contributed by atoms with Gasteiger partial charge in [-0.2, -0.15) is 0 Å². The Balaban J connectivity index is 1.80. The number of morpholine rings is 1. The molecule has 0 unspecified atom stereocenters. The molecule has 6 heteroatoms. The van der Waals surface area contributed by atoms with E-state index in [1.807, 2.05) is 19.9 Å². The molecule has 0 radical (unpaired) electrons. The standard InChI is InChI=1S/C18H22N2O4/c1-11-9-20(10-12(2)23-11)18(21)17-7-6-15(24-17)13-4-5-16(22-3)14(19)8-13/h4-8,11-12H,9-10,19H2,1-3H3/t11-,12-/m0/s1. The van der Waals surface area contributed by atoms with Crippen LogP contribution in [0.2, 0.25) is 0 Å². The van der Waals surface area contributed by atoms with Gasteiger partial charge in [0.05, 0.1) is 25.0 Å². The number of amides is 1. The van der Waals surface area contributed by atoms with Crippen LogP contribution in [0.3, 0.4) is 0 Å². The summed E-state index contributed by atoms with van der Waals surface area (Å²) in [7, 11) is 1.57. The first kappa shape index (κ1) is 16.4. The van der Waals surface area contributed by atoms with Crippen molar-refractivity contribution in [3.63, 3.8) is 0 Å². The van der Waals surface area contributed by atoms with Crippen LogP contribution in [0.1, 0.15) is 24.4 Å². The smallest absolute Gasteiger partial charge is 0.289 e. The number of hydrogen-bond acceptors (Lipinski definition) is 5. The Morgan fingerprint density at radius 3 is 2.54 bits per heavy atom. The van der Waals surface area contributed by atoms with Gasteiger partial charge in [-0.25, -0.2) is 0 Å². The van der Waals surface area contributed by atoms with E-state index >= 15 is 0 Å². The van der Waals surface area contributed by atoms with Crippen molar-refractivity contribution < 1.29 is 18.7 Å². The number of carbonyl (C=O) groups excluding carboxylic acids is 1. The van der Waals surface area contributed by atoms with Crippen LogP contribution in [0.4, 0.5) is 5.69 Å². The van der Waals surface area contributed by atoms with Crippen LogP contribution in [-0.4, -0.2) is 43.2 Å². The number of carbonyl (C=O) groups is 1. The van der Waals surface area contributed by atoms with E-state index in [1.54, 1.807) is 36.3 Å². The number of rotatable bonds is 3. The maximum absolute atomic E-state index is 12.6. The lowest BCUT2D eigenvalue weighted by atomic mass is 10.1. The molecule has 24 heavy (non-hydrogen) atoms. The third kappa shape index (κ3) is 3.23. The van der Waals surface area contributed by atoms with Crippen molar-refractivity contribution in [2.75, 3.05) is 25.9 Å². The third-order valence-electron chi connectivity index (χ3n) is 4.04. The highest BCUT2D eigenvalue weighted by molar-refractivity contribution is 5.92. The quantitative estimate of drug-likeness (QED) is 0.876. The van der Waals surface area contributed by atoms with Gasteiger partial charge < -0.3 is 24.5 Å². The fraction of sp³-hybridized carbons (Fsp3) is 0.389. The summed E-state index contributed by atoms with van der Waals surface area (Å²) in [6.45, 7) is 5.05. The molecule has 0 aliphatic carbocycles. The molecule has 2 atom stereocenters. The summed E-state index contributed by atoms with van der Waals surface area (Å²) in [6.07, 6.45) is 0.0436. The van der Waals surface area contributed by atoms with Gasteiger partial charge in [0.1, 0.15) is 11.5 Å². The third-order valence-corrected chi connectivity index (χ3v) is 4.04. The minimum absolute atomic E-state index is 0.0218. The molecule has 128 valence electrons. The van der Waals surface area contributed by atoms with Gasteiger partial charge in [-0.05, 0) is 44.2 Å². The predicted molar refractivity (Wildman–Crippen MR) is 91.0 cm³/mol. The minimum Gasteiger partial charge on any atom is -0.495 e. The average molecular weight is 330 g/mol. The van der Waals surface area contributed by atoms with Crippen LogP contribution in [0.25, 0.3) is 11.3 Å². The fourth-order valence-electron chi connectivity index (χ4n) is 3.00. The zero-order chi connectivity index (χ0) is 17.3. The largest absolute Gasteiger partial charge is 0.495 e. The van der Waals surface area contributed by atoms with Crippen molar-refractivity contribution in [3.05, 3.63) is 36.1 Å². The molecule has 1 saturated heterocycles. The molecule has 1 fully saturated rings. The molecular formula is C18H22N2O4. The Morgan fingerprint density at radius 1 is 1.21 bits per heavy atom. The zero-order valence-electron chi connectivity index (χ0n) is 14.1. The first-order chi connectivity index (χ1) is 11.5. The summed E-state index contributed by atoms with van der Waals surface area (Å²) in [6, 6.07) is 8.87. The molecule has 6 nitrogen and oxygen atoms in total. The van der Waals surface area contributed by atoms with E-state index in [1.165, 1.54) is 0 Å². The summed E-state index contributed by atoms with van der Waals surface area (Å²) >= 11 is 0. The van der Waals surface area contributed by atoms with Crippen LogP contribution in [0.15, 0.2) is 34.7 Å². The highest BCUT2D eigenvalue weighted by Gasteiger charge is 2.28. The number of benzene rings is 1. The van der Waals surface area contributed by atoms with Gasteiger partial charge in [0, 0.05) is 18.7 Å². The SMILES string of the molecule is COc1ccc(-c2ccc(C(=O)N3C[C@H](C)O[C@@H](C)C3)o2)cc1N. The molecule has 1 aromatic carbocycles. The maximum atomic E-state index is 12.6. The molecular weight excluding hydrogens is 308 g/mol. The summed E-state index contributed by atoms with van der Waals surface area (Å²) in [5.41, 5.74) is 7.25. The highest BCUT2D eigenvalue weighted by Crippen LogP contribution is 2.30. The molecule has 0 saturated carbocycles. The van der Waals surface area contributed by atoms with Gasteiger partial charge in [-0.1, -0.05) is 0 Å². The van der Waals surface area contributed by atoms with Crippen molar-refractivity contribution >= 4 is 11.6 Å². The molecule has 1 aliphatic heterocycles. The number of nitrogens with two attached hydrogens (primary N) is 1. The van der Waals surface area contributed by atoms with Gasteiger partial charge in [0.2, 0.25) is 0 Å². The van der Waals surface area contributed by atoms with Crippen molar-refractivity contribution in [2.24, 2.45) is 0 Å². The number of furan rings is 1. The Morgan fingerprint density at radius 2 is 1.92 bits per heavy atom. The summed E-state index contributed by atoms with van der Waals surface area (Å²) < 4.78 is 16.6. The first-order valence-electron chi connectivity index (χ1n) is 7.96. The second kappa shape index (κ2) is 6.57.